The van der Waals surface area contributed by atoms with Gasteiger partial charge in [0.05, 0.1) is 36.4 Å². The maximum atomic E-state index is 13.0. The third kappa shape index (κ3) is 3.45. The molecule has 150 valence electrons. The number of allylic oxidation sites excluding steroid dienone is 1. The van der Waals surface area contributed by atoms with Crippen molar-refractivity contribution in [1.82, 2.24) is 9.55 Å². The second kappa shape index (κ2) is 7.97. The topological polar surface area (TPSA) is 74.6 Å². The van der Waals surface area contributed by atoms with Gasteiger partial charge in [-0.15, -0.1) is 0 Å². The second-order valence-electron chi connectivity index (χ2n) is 6.77. The molecule has 7 nitrogen and oxygen atoms in total. The molecule has 1 aliphatic heterocycles. The molecule has 0 fully saturated rings. The highest BCUT2D eigenvalue weighted by atomic mass is 16.6. The van der Waals surface area contributed by atoms with Gasteiger partial charge in [0.2, 0.25) is 5.95 Å². The van der Waals surface area contributed by atoms with Crippen LogP contribution >= 0.6 is 0 Å². The molecule has 0 saturated heterocycles. The average molecular weight is 393 g/mol. The Morgan fingerprint density at radius 1 is 1.14 bits per heavy atom. The Morgan fingerprint density at radius 2 is 1.97 bits per heavy atom. The summed E-state index contributed by atoms with van der Waals surface area (Å²) in [5.41, 5.74) is 3.93. The van der Waals surface area contributed by atoms with Gasteiger partial charge in [0, 0.05) is 12.8 Å². The van der Waals surface area contributed by atoms with Gasteiger partial charge in [0.1, 0.15) is 12.4 Å². The standard InChI is InChI=1S/C22H23N3O4/c1-14-19(21(26)29-12-11-27-2)20(15-7-6-8-16(13-15)28-3)25-18-10-5-4-9-17(18)24-22(25)23-14/h4-10,13,20H,11-12H2,1-3H3,(H,23,24)/t20-/m0/s1. The molecular weight excluding hydrogens is 370 g/mol. The van der Waals surface area contributed by atoms with Gasteiger partial charge in [0.25, 0.3) is 0 Å². The van der Waals surface area contributed by atoms with Crippen molar-refractivity contribution in [2.75, 3.05) is 32.8 Å². The van der Waals surface area contributed by atoms with Crippen molar-refractivity contribution in [3.8, 4) is 5.75 Å². The molecule has 1 atom stereocenters. The number of rotatable bonds is 6. The van der Waals surface area contributed by atoms with Gasteiger partial charge in [-0.3, -0.25) is 4.57 Å². The molecule has 7 heteroatoms. The molecule has 4 rings (SSSR count). The van der Waals surface area contributed by atoms with Crippen LogP contribution in [0.15, 0.2) is 59.8 Å². The molecule has 0 unspecified atom stereocenters. The number of aromatic nitrogens is 2. The van der Waals surface area contributed by atoms with E-state index in [2.05, 4.69) is 5.32 Å². The maximum absolute atomic E-state index is 13.0. The molecule has 1 N–H and O–H groups in total. The van der Waals surface area contributed by atoms with Crippen molar-refractivity contribution >= 4 is 23.0 Å². The number of ether oxygens (including phenoxy) is 3. The van der Waals surface area contributed by atoms with Crippen LogP contribution < -0.4 is 10.1 Å². The van der Waals surface area contributed by atoms with E-state index in [-0.39, 0.29) is 12.6 Å². The fourth-order valence-electron chi connectivity index (χ4n) is 3.65. The molecule has 2 aromatic carbocycles. The number of nitrogens with zero attached hydrogens (tertiary/aromatic N) is 2. The lowest BCUT2D eigenvalue weighted by molar-refractivity contribution is -0.140. The predicted molar refractivity (Wildman–Crippen MR) is 110 cm³/mol. The summed E-state index contributed by atoms with van der Waals surface area (Å²) in [5, 5.41) is 3.27. The minimum Gasteiger partial charge on any atom is -0.497 e. The van der Waals surface area contributed by atoms with Crippen molar-refractivity contribution in [3.63, 3.8) is 0 Å². The number of hydrogen-bond acceptors (Lipinski definition) is 6. The zero-order valence-corrected chi connectivity index (χ0v) is 16.6. The van der Waals surface area contributed by atoms with Gasteiger partial charge >= 0.3 is 5.97 Å². The Balaban J connectivity index is 1.88. The van der Waals surface area contributed by atoms with Crippen molar-refractivity contribution in [2.45, 2.75) is 13.0 Å². The van der Waals surface area contributed by atoms with Crippen LogP contribution in [0.2, 0.25) is 0 Å². The molecule has 0 spiro atoms. The number of para-hydroxylation sites is 2. The SMILES string of the molecule is COCCOC(=O)C1=C(C)Nc2nc3ccccc3n2[C@H]1c1cccc(OC)c1. The van der Waals surface area contributed by atoms with Crippen LogP contribution in [0.25, 0.3) is 11.0 Å². The van der Waals surface area contributed by atoms with Crippen LogP contribution in [0.4, 0.5) is 5.95 Å². The number of esters is 1. The highest BCUT2D eigenvalue weighted by Gasteiger charge is 2.35. The summed E-state index contributed by atoms with van der Waals surface area (Å²) in [5.74, 6) is 1.02. The molecule has 0 radical (unpaired) electrons. The number of carbonyl (C=O) groups is 1. The van der Waals surface area contributed by atoms with E-state index in [1.54, 1.807) is 14.2 Å². The van der Waals surface area contributed by atoms with Crippen molar-refractivity contribution in [2.24, 2.45) is 0 Å². The van der Waals surface area contributed by atoms with Crippen LogP contribution in [0.5, 0.6) is 5.75 Å². The minimum absolute atomic E-state index is 0.189. The average Bonchev–Trinajstić information content (AvgIpc) is 3.10. The zero-order chi connectivity index (χ0) is 20.4. The van der Waals surface area contributed by atoms with E-state index in [9.17, 15) is 4.79 Å². The van der Waals surface area contributed by atoms with Gasteiger partial charge in [0.15, 0.2) is 0 Å². The summed E-state index contributed by atoms with van der Waals surface area (Å²) in [7, 11) is 3.20. The van der Waals surface area contributed by atoms with Gasteiger partial charge in [-0.1, -0.05) is 24.3 Å². The third-order valence-electron chi connectivity index (χ3n) is 4.98. The summed E-state index contributed by atoms with van der Waals surface area (Å²) in [6, 6.07) is 15.2. The number of imidazole rings is 1. The summed E-state index contributed by atoms with van der Waals surface area (Å²) in [4.78, 5) is 17.8. The van der Waals surface area contributed by atoms with Crippen LogP contribution in [0.3, 0.4) is 0 Å². The number of benzene rings is 2. The molecule has 1 aromatic heterocycles. The first-order chi connectivity index (χ1) is 14.1. The molecule has 0 aliphatic carbocycles. The van der Waals surface area contributed by atoms with E-state index in [1.807, 2.05) is 60.0 Å². The van der Waals surface area contributed by atoms with E-state index in [1.165, 1.54) is 0 Å². The Labute approximate surface area is 168 Å². The van der Waals surface area contributed by atoms with E-state index >= 15 is 0 Å². The van der Waals surface area contributed by atoms with Gasteiger partial charge in [-0.25, -0.2) is 9.78 Å². The third-order valence-corrected chi connectivity index (χ3v) is 4.98. The Kier molecular flexibility index (Phi) is 5.22. The smallest absolute Gasteiger partial charge is 0.338 e. The Hall–Kier alpha value is -3.32. The monoisotopic (exact) mass is 393 g/mol. The van der Waals surface area contributed by atoms with Crippen LogP contribution in [0.1, 0.15) is 18.5 Å². The number of nitrogens with one attached hydrogen (secondary N) is 1. The molecule has 0 saturated carbocycles. The highest BCUT2D eigenvalue weighted by Crippen LogP contribution is 2.40. The summed E-state index contributed by atoms with van der Waals surface area (Å²) >= 11 is 0. The summed E-state index contributed by atoms with van der Waals surface area (Å²) < 4.78 is 17.9. The van der Waals surface area contributed by atoms with Gasteiger partial charge in [-0.2, -0.15) is 0 Å². The number of hydrogen-bond donors (Lipinski definition) is 1. The Bertz CT molecular complexity index is 1090. The first kappa shape index (κ1) is 19.0. The van der Waals surface area contributed by atoms with E-state index < -0.39 is 6.04 Å². The number of anilines is 1. The molecule has 2 heterocycles. The van der Waals surface area contributed by atoms with Crippen LogP contribution in [-0.4, -0.2) is 43.0 Å². The normalized spacial score (nSPS) is 15.8. The van der Waals surface area contributed by atoms with E-state index in [0.717, 1.165) is 22.3 Å². The predicted octanol–water partition coefficient (Wildman–Crippen LogP) is 3.52. The van der Waals surface area contributed by atoms with Crippen LogP contribution in [-0.2, 0) is 14.3 Å². The lowest BCUT2D eigenvalue weighted by Gasteiger charge is -2.30. The van der Waals surface area contributed by atoms with Gasteiger partial charge in [-0.05, 0) is 36.8 Å². The van der Waals surface area contributed by atoms with Gasteiger partial charge < -0.3 is 19.5 Å². The van der Waals surface area contributed by atoms with E-state index in [4.69, 9.17) is 19.2 Å². The Morgan fingerprint density at radius 3 is 2.76 bits per heavy atom. The lowest BCUT2D eigenvalue weighted by atomic mass is 9.95. The first-order valence-corrected chi connectivity index (χ1v) is 9.38. The fraction of sp³-hybridized carbons (Fsp3) is 0.273. The number of methoxy groups -OCH3 is 2. The fourth-order valence-corrected chi connectivity index (χ4v) is 3.65. The number of fused-ring (bicyclic) bond motifs is 3. The molecule has 0 bridgehead atoms. The molecule has 1 aliphatic rings. The molecule has 29 heavy (non-hydrogen) atoms. The van der Waals surface area contributed by atoms with Crippen molar-refractivity contribution in [1.29, 1.82) is 0 Å². The molecule has 3 aromatic rings. The quantitative estimate of drug-likeness (QED) is 0.510. The van der Waals surface area contributed by atoms with E-state index in [0.29, 0.717) is 23.8 Å². The number of carbonyl (C=O) groups excluding carboxylic acids is 1. The molecular formula is C22H23N3O4. The minimum atomic E-state index is -0.399. The largest absolute Gasteiger partial charge is 0.497 e. The summed E-state index contributed by atoms with van der Waals surface area (Å²) in [6.07, 6.45) is 0. The van der Waals surface area contributed by atoms with Crippen LogP contribution in [0, 0.1) is 0 Å². The zero-order valence-electron chi connectivity index (χ0n) is 16.6. The molecule has 0 amide bonds. The first-order valence-electron chi connectivity index (χ1n) is 9.38. The summed E-state index contributed by atoms with van der Waals surface area (Å²) in [6.45, 7) is 2.39. The highest BCUT2D eigenvalue weighted by molar-refractivity contribution is 5.94. The maximum Gasteiger partial charge on any atom is 0.338 e. The lowest BCUT2D eigenvalue weighted by Crippen LogP contribution is -2.29. The second-order valence-corrected chi connectivity index (χ2v) is 6.77. The van der Waals surface area contributed by atoms with Crippen molar-refractivity contribution in [3.05, 3.63) is 65.4 Å². The van der Waals surface area contributed by atoms with Crippen molar-refractivity contribution < 1.29 is 19.0 Å².